The number of quaternary nitrogens is 1. The fourth-order valence-electron chi connectivity index (χ4n) is 5.47. The third kappa shape index (κ3) is 39.7. The van der Waals surface area contributed by atoms with E-state index < -0.39 is 32.5 Å². The summed E-state index contributed by atoms with van der Waals surface area (Å²) in [5.74, 6) is -0.900. The van der Waals surface area contributed by atoms with Gasteiger partial charge in [0, 0.05) is 12.8 Å². The van der Waals surface area contributed by atoms with Crippen molar-refractivity contribution in [2.45, 2.75) is 174 Å². The van der Waals surface area contributed by atoms with Crippen LogP contribution in [0.5, 0.6) is 0 Å². The molecule has 0 aromatic rings. The standard InChI is InChI=1S/C44H80NO8P/c1-6-8-10-12-14-16-18-20-21-22-23-25-27-29-31-33-35-37-44(47)53-42(41-52-54(48,49)51-39-38-45(3,4)5)40-50-43(46)36-34-32-30-28-26-24-19-17-15-13-11-9-7-2/h14,16,20-21,23,25,29,31,42H,6-13,15,17-19,22,24,26-28,30,32-41H2,1-5H3/b16-14-,21-20-,25-23-,31-29-/i37+2. The number of phosphoric acid groups is 1. The van der Waals surface area contributed by atoms with E-state index in [0.29, 0.717) is 23.9 Å². The number of allylic oxidation sites excluding steroid dienone is 8. The van der Waals surface area contributed by atoms with Crippen molar-refractivity contribution in [1.29, 1.82) is 0 Å². The SMILES string of the molecule is CCCCC/C=C\C/C=C\C/C=C\C/C=C\CC[14CH2]C(=O)OC(COC(=O)CCCCCCCCCCCCCCC)COP(=O)([O-])OCC[N+](C)(C)C. The van der Waals surface area contributed by atoms with Crippen LogP contribution in [0.3, 0.4) is 0 Å². The number of carbonyl (C=O) groups is 2. The molecule has 2 atom stereocenters. The Morgan fingerprint density at radius 1 is 0.648 bits per heavy atom. The second-order valence-electron chi connectivity index (χ2n) is 15.4. The van der Waals surface area contributed by atoms with Crippen molar-refractivity contribution in [3.05, 3.63) is 48.6 Å². The minimum absolute atomic E-state index is 0.0413. The van der Waals surface area contributed by atoms with Gasteiger partial charge in [0.05, 0.1) is 27.7 Å². The van der Waals surface area contributed by atoms with Gasteiger partial charge >= 0.3 is 11.9 Å². The predicted octanol–water partition coefficient (Wildman–Crippen LogP) is 11.3. The Labute approximate surface area is 331 Å². The minimum atomic E-state index is -4.64. The van der Waals surface area contributed by atoms with Gasteiger partial charge in [0.1, 0.15) is 19.8 Å². The molecule has 0 amide bonds. The number of likely N-dealkylation sites (N-methyl/N-ethyl adjacent to an activating group) is 1. The molecule has 9 nitrogen and oxygen atoms in total. The normalized spacial score (nSPS) is 14.1. The molecule has 54 heavy (non-hydrogen) atoms. The van der Waals surface area contributed by atoms with E-state index >= 15 is 0 Å². The molecule has 0 rings (SSSR count). The van der Waals surface area contributed by atoms with Crippen molar-refractivity contribution >= 4 is 19.8 Å². The smallest absolute Gasteiger partial charge is 0.306 e. The Morgan fingerprint density at radius 2 is 1.13 bits per heavy atom. The first-order chi connectivity index (χ1) is 26.0. The molecule has 0 aliphatic rings. The Balaban J connectivity index is 4.49. The van der Waals surface area contributed by atoms with Crippen LogP contribution in [0.25, 0.3) is 0 Å². The number of unbranched alkanes of at least 4 members (excludes halogenated alkanes) is 16. The summed E-state index contributed by atoms with van der Waals surface area (Å²) in [5, 5.41) is 0. The average molecular weight is 784 g/mol. The van der Waals surface area contributed by atoms with E-state index in [9.17, 15) is 19.0 Å². The van der Waals surface area contributed by atoms with E-state index in [1.807, 2.05) is 27.2 Å². The molecular formula is C44H80NO8P. The van der Waals surface area contributed by atoms with Crippen molar-refractivity contribution in [2.75, 3.05) is 47.5 Å². The zero-order chi connectivity index (χ0) is 40.0. The highest BCUT2D eigenvalue weighted by Gasteiger charge is 2.21. The zero-order valence-electron chi connectivity index (χ0n) is 35.2. The highest BCUT2D eigenvalue weighted by molar-refractivity contribution is 7.45. The largest absolute Gasteiger partial charge is 0.756 e. The second-order valence-corrected chi connectivity index (χ2v) is 16.8. The molecule has 0 spiro atoms. The molecule has 0 saturated heterocycles. The van der Waals surface area contributed by atoms with E-state index in [4.69, 9.17) is 18.5 Å². The summed E-state index contributed by atoms with van der Waals surface area (Å²) in [5.41, 5.74) is 0. The number of phosphoric ester groups is 1. The number of carbonyl (C=O) groups excluding carboxylic acids is 2. The van der Waals surface area contributed by atoms with Gasteiger partial charge < -0.3 is 27.9 Å². The number of esters is 2. The van der Waals surface area contributed by atoms with Crippen LogP contribution in [0.1, 0.15) is 168 Å². The average Bonchev–Trinajstić information content (AvgIpc) is 3.12. The van der Waals surface area contributed by atoms with Crippen LogP contribution < -0.4 is 4.89 Å². The summed E-state index contributed by atoms with van der Waals surface area (Å²) < 4.78 is 33.8. The minimum Gasteiger partial charge on any atom is -0.756 e. The molecule has 0 N–H and O–H groups in total. The van der Waals surface area contributed by atoms with Gasteiger partial charge in [0.25, 0.3) is 7.82 Å². The molecule has 314 valence electrons. The van der Waals surface area contributed by atoms with Gasteiger partial charge in [-0.2, -0.15) is 0 Å². The molecule has 0 fully saturated rings. The molecule has 0 aliphatic heterocycles. The van der Waals surface area contributed by atoms with Crippen LogP contribution in [0, 0.1) is 0 Å². The summed E-state index contributed by atoms with van der Waals surface area (Å²) in [6.07, 6.45) is 41.4. The maximum absolute atomic E-state index is 12.6. The predicted molar refractivity (Wildman–Crippen MR) is 222 cm³/mol. The summed E-state index contributed by atoms with van der Waals surface area (Å²) in [4.78, 5) is 37.4. The molecule has 0 saturated carbocycles. The molecule has 0 aromatic heterocycles. The lowest BCUT2D eigenvalue weighted by Crippen LogP contribution is -2.37. The Bertz CT molecular complexity index is 1070. The van der Waals surface area contributed by atoms with Gasteiger partial charge in [-0.25, -0.2) is 0 Å². The maximum atomic E-state index is 12.6. The van der Waals surface area contributed by atoms with Gasteiger partial charge in [-0.05, 0) is 51.4 Å². The van der Waals surface area contributed by atoms with Crippen molar-refractivity contribution in [3.8, 4) is 0 Å². The van der Waals surface area contributed by atoms with Crippen molar-refractivity contribution < 1.29 is 42.1 Å². The fourth-order valence-corrected chi connectivity index (χ4v) is 6.20. The van der Waals surface area contributed by atoms with Gasteiger partial charge in [-0.15, -0.1) is 0 Å². The Hall–Kier alpha value is -2.03. The first-order valence-electron chi connectivity index (χ1n) is 21.3. The summed E-state index contributed by atoms with van der Waals surface area (Å²) in [6, 6.07) is 0. The monoisotopic (exact) mass is 784 g/mol. The summed E-state index contributed by atoms with van der Waals surface area (Å²) in [7, 11) is 1.13. The lowest BCUT2D eigenvalue weighted by atomic mass is 10.0. The number of ether oxygens (including phenoxy) is 2. The molecule has 0 aliphatic carbocycles. The topological polar surface area (TPSA) is 111 Å². The Morgan fingerprint density at radius 3 is 1.67 bits per heavy atom. The highest BCUT2D eigenvalue weighted by Crippen LogP contribution is 2.38. The van der Waals surface area contributed by atoms with Crippen LogP contribution in [-0.4, -0.2) is 70.0 Å². The molecule has 0 bridgehead atoms. The molecular weight excluding hydrogens is 703 g/mol. The third-order valence-corrected chi connectivity index (χ3v) is 9.82. The number of hydrogen-bond donors (Lipinski definition) is 0. The van der Waals surface area contributed by atoms with Gasteiger partial charge in [-0.3, -0.25) is 14.2 Å². The van der Waals surface area contributed by atoms with Crippen LogP contribution in [0.2, 0.25) is 0 Å². The van der Waals surface area contributed by atoms with Gasteiger partial charge in [0.2, 0.25) is 0 Å². The highest BCUT2D eigenvalue weighted by atomic mass is 31.2. The summed E-state index contributed by atoms with van der Waals surface area (Å²) in [6.45, 7) is 4.12. The van der Waals surface area contributed by atoms with E-state index in [1.54, 1.807) is 0 Å². The van der Waals surface area contributed by atoms with Crippen LogP contribution in [0.15, 0.2) is 48.6 Å². The molecule has 10 heteroatoms. The van der Waals surface area contributed by atoms with Crippen molar-refractivity contribution in [2.24, 2.45) is 0 Å². The quantitative estimate of drug-likeness (QED) is 0.0200. The van der Waals surface area contributed by atoms with Gasteiger partial charge in [0.15, 0.2) is 6.10 Å². The van der Waals surface area contributed by atoms with E-state index in [2.05, 4.69) is 56.4 Å². The number of nitrogens with zero attached hydrogens (tertiary/aromatic N) is 1. The summed E-state index contributed by atoms with van der Waals surface area (Å²) >= 11 is 0. The Kier molecular flexibility index (Phi) is 35.2. The van der Waals surface area contributed by atoms with Crippen LogP contribution in [-0.2, 0) is 32.7 Å². The van der Waals surface area contributed by atoms with Gasteiger partial charge in [-0.1, -0.05) is 152 Å². The van der Waals surface area contributed by atoms with E-state index in [0.717, 1.165) is 38.5 Å². The molecule has 2 unspecified atom stereocenters. The molecule has 0 aromatic carbocycles. The number of rotatable bonds is 38. The lowest BCUT2D eigenvalue weighted by Gasteiger charge is -2.28. The zero-order valence-corrected chi connectivity index (χ0v) is 36.0. The van der Waals surface area contributed by atoms with Crippen LogP contribution in [0.4, 0.5) is 0 Å². The van der Waals surface area contributed by atoms with E-state index in [-0.39, 0.29) is 26.1 Å². The van der Waals surface area contributed by atoms with Crippen LogP contribution >= 0.6 is 7.82 Å². The second kappa shape index (κ2) is 36.6. The molecule has 0 radical (unpaired) electrons. The van der Waals surface area contributed by atoms with Crippen molar-refractivity contribution in [1.82, 2.24) is 0 Å². The maximum Gasteiger partial charge on any atom is 0.306 e. The fraction of sp³-hybridized carbons (Fsp3) is 0.773. The third-order valence-electron chi connectivity index (χ3n) is 8.85. The first kappa shape index (κ1) is 52.0. The molecule has 0 heterocycles. The number of hydrogen-bond acceptors (Lipinski definition) is 8. The van der Waals surface area contributed by atoms with E-state index in [1.165, 1.54) is 89.9 Å². The lowest BCUT2D eigenvalue weighted by molar-refractivity contribution is -0.870. The van der Waals surface area contributed by atoms with Crippen molar-refractivity contribution in [3.63, 3.8) is 0 Å². The first-order valence-corrected chi connectivity index (χ1v) is 22.8.